The number of ether oxygens (including phenoxy) is 1. The Morgan fingerprint density at radius 3 is 2.37 bits per heavy atom. The average molecular weight is 269 g/mol. The Balaban J connectivity index is 2.10. The van der Waals surface area contributed by atoms with Crippen LogP contribution in [0.5, 0.6) is 0 Å². The third kappa shape index (κ3) is 2.57. The lowest BCUT2D eigenvalue weighted by atomic mass is 9.67. The minimum Gasteiger partial charge on any atom is -0.391 e. The molecular weight excluding hydrogens is 238 g/mol. The maximum absolute atomic E-state index is 11.0. The normalized spacial score (nSPS) is 28.4. The molecular formula is C16H31NO2. The fraction of sp³-hybridized carbons (Fsp3) is 1.00. The highest BCUT2D eigenvalue weighted by molar-refractivity contribution is 5.01. The van der Waals surface area contributed by atoms with E-state index in [1.54, 1.807) is 0 Å². The highest BCUT2D eigenvalue weighted by Crippen LogP contribution is 2.47. The number of likely N-dealkylation sites (N-methyl/N-ethyl adjacent to an activating group) is 1. The third-order valence-electron chi connectivity index (χ3n) is 5.91. The Morgan fingerprint density at radius 1 is 1.32 bits per heavy atom. The summed E-state index contributed by atoms with van der Waals surface area (Å²) in [7, 11) is 4.21. The summed E-state index contributed by atoms with van der Waals surface area (Å²) >= 11 is 0. The highest BCUT2D eigenvalue weighted by atomic mass is 16.5. The van der Waals surface area contributed by atoms with Crippen molar-refractivity contribution in [2.75, 3.05) is 20.7 Å². The van der Waals surface area contributed by atoms with Crippen molar-refractivity contribution < 1.29 is 9.84 Å². The van der Waals surface area contributed by atoms with Gasteiger partial charge in [-0.3, -0.25) is 0 Å². The first-order chi connectivity index (χ1) is 8.99. The molecule has 2 atom stereocenters. The molecule has 2 rings (SSSR count). The fourth-order valence-electron chi connectivity index (χ4n) is 4.26. The zero-order valence-electron chi connectivity index (χ0n) is 13.1. The largest absolute Gasteiger partial charge is 0.391 e. The molecule has 1 aliphatic heterocycles. The van der Waals surface area contributed by atoms with E-state index in [9.17, 15) is 5.11 Å². The molecule has 1 saturated carbocycles. The SMILES string of the molecule is CCC(CC)(C(O)C1CCOC2(CCC2)C1)N(C)C. The minimum absolute atomic E-state index is 0.0764. The van der Waals surface area contributed by atoms with E-state index in [0.717, 1.165) is 32.3 Å². The van der Waals surface area contributed by atoms with Crippen molar-refractivity contribution in [3.05, 3.63) is 0 Å². The number of rotatable bonds is 5. The van der Waals surface area contributed by atoms with Gasteiger partial charge in [0.25, 0.3) is 0 Å². The van der Waals surface area contributed by atoms with Gasteiger partial charge < -0.3 is 14.7 Å². The second kappa shape index (κ2) is 5.71. The highest BCUT2D eigenvalue weighted by Gasteiger charge is 2.48. The van der Waals surface area contributed by atoms with Gasteiger partial charge in [-0.05, 0) is 65.0 Å². The van der Waals surface area contributed by atoms with Crippen molar-refractivity contribution >= 4 is 0 Å². The van der Waals surface area contributed by atoms with E-state index in [1.807, 2.05) is 0 Å². The average Bonchev–Trinajstić information content (AvgIpc) is 2.38. The molecule has 1 aliphatic carbocycles. The summed E-state index contributed by atoms with van der Waals surface area (Å²) in [5.74, 6) is 0.399. The van der Waals surface area contributed by atoms with Crippen LogP contribution in [0.15, 0.2) is 0 Å². The predicted molar refractivity (Wildman–Crippen MR) is 78.3 cm³/mol. The van der Waals surface area contributed by atoms with Crippen LogP contribution in [-0.2, 0) is 4.74 Å². The predicted octanol–water partition coefficient (Wildman–Crippen LogP) is 2.82. The summed E-state index contributed by atoms with van der Waals surface area (Å²) < 4.78 is 6.00. The maximum atomic E-state index is 11.0. The van der Waals surface area contributed by atoms with Crippen molar-refractivity contribution in [2.45, 2.75) is 76.0 Å². The van der Waals surface area contributed by atoms with Crippen LogP contribution in [0.4, 0.5) is 0 Å². The molecule has 2 unspecified atom stereocenters. The van der Waals surface area contributed by atoms with Crippen LogP contribution >= 0.6 is 0 Å². The Morgan fingerprint density at radius 2 is 1.95 bits per heavy atom. The molecule has 0 aromatic carbocycles. The molecule has 2 fully saturated rings. The Bertz CT molecular complexity index is 295. The van der Waals surface area contributed by atoms with Gasteiger partial charge in [-0.15, -0.1) is 0 Å². The van der Waals surface area contributed by atoms with E-state index >= 15 is 0 Å². The quantitative estimate of drug-likeness (QED) is 0.833. The zero-order valence-corrected chi connectivity index (χ0v) is 13.1. The number of aliphatic hydroxyl groups is 1. The monoisotopic (exact) mass is 269 g/mol. The summed E-state index contributed by atoms with van der Waals surface area (Å²) in [6.45, 7) is 5.23. The molecule has 1 heterocycles. The Hall–Kier alpha value is -0.120. The molecule has 3 heteroatoms. The van der Waals surface area contributed by atoms with Gasteiger partial charge in [0, 0.05) is 12.1 Å². The summed E-state index contributed by atoms with van der Waals surface area (Å²) in [4.78, 5) is 2.24. The van der Waals surface area contributed by atoms with Gasteiger partial charge in [0.1, 0.15) is 0 Å². The summed E-state index contributed by atoms with van der Waals surface area (Å²) in [6, 6.07) is 0. The molecule has 0 aromatic heterocycles. The van der Waals surface area contributed by atoms with Gasteiger partial charge in [-0.2, -0.15) is 0 Å². The summed E-state index contributed by atoms with van der Waals surface area (Å²) in [6.07, 6.45) is 7.53. The van der Waals surface area contributed by atoms with Crippen LogP contribution in [0.2, 0.25) is 0 Å². The molecule has 1 saturated heterocycles. The van der Waals surface area contributed by atoms with E-state index in [-0.39, 0.29) is 17.2 Å². The van der Waals surface area contributed by atoms with Gasteiger partial charge >= 0.3 is 0 Å². The van der Waals surface area contributed by atoms with E-state index in [2.05, 4.69) is 32.8 Å². The van der Waals surface area contributed by atoms with Crippen LogP contribution in [0.25, 0.3) is 0 Å². The molecule has 2 aliphatic rings. The Kier molecular flexibility index (Phi) is 4.59. The molecule has 0 bridgehead atoms. The standard InChI is InChI=1S/C16H31NO2/c1-5-16(6-2,17(3)4)14(18)13-8-11-19-15(12-13)9-7-10-15/h13-14,18H,5-12H2,1-4H3. The fourth-order valence-corrected chi connectivity index (χ4v) is 4.26. The van der Waals surface area contributed by atoms with E-state index in [4.69, 9.17) is 4.74 Å². The molecule has 0 amide bonds. The van der Waals surface area contributed by atoms with E-state index in [0.29, 0.717) is 5.92 Å². The number of hydrogen-bond donors (Lipinski definition) is 1. The van der Waals surface area contributed by atoms with E-state index < -0.39 is 0 Å². The lowest BCUT2D eigenvalue weighted by Gasteiger charge is -2.52. The number of aliphatic hydroxyl groups excluding tert-OH is 1. The van der Waals surface area contributed by atoms with Crippen LogP contribution in [0, 0.1) is 5.92 Å². The van der Waals surface area contributed by atoms with Crippen molar-refractivity contribution in [1.29, 1.82) is 0 Å². The first-order valence-corrected chi connectivity index (χ1v) is 7.99. The van der Waals surface area contributed by atoms with Crippen molar-refractivity contribution in [1.82, 2.24) is 4.90 Å². The van der Waals surface area contributed by atoms with Gasteiger partial charge in [0.2, 0.25) is 0 Å². The summed E-state index contributed by atoms with van der Waals surface area (Å²) in [5, 5.41) is 11.0. The van der Waals surface area contributed by atoms with E-state index in [1.165, 1.54) is 19.3 Å². The van der Waals surface area contributed by atoms with Crippen molar-refractivity contribution in [2.24, 2.45) is 5.92 Å². The molecule has 1 spiro atoms. The Labute approximate surface area is 118 Å². The van der Waals surface area contributed by atoms with Crippen LogP contribution in [0.1, 0.15) is 58.8 Å². The topological polar surface area (TPSA) is 32.7 Å². The molecule has 0 radical (unpaired) electrons. The van der Waals surface area contributed by atoms with Crippen molar-refractivity contribution in [3.63, 3.8) is 0 Å². The van der Waals surface area contributed by atoms with Gasteiger partial charge in [0.05, 0.1) is 11.7 Å². The van der Waals surface area contributed by atoms with Gasteiger partial charge in [-0.1, -0.05) is 13.8 Å². The molecule has 19 heavy (non-hydrogen) atoms. The second-order valence-electron chi connectivity index (χ2n) is 6.79. The smallest absolute Gasteiger partial charge is 0.0753 e. The second-order valence-corrected chi connectivity index (χ2v) is 6.79. The lowest BCUT2D eigenvalue weighted by Crippen LogP contribution is -2.58. The van der Waals surface area contributed by atoms with Crippen LogP contribution < -0.4 is 0 Å². The minimum atomic E-state index is -0.237. The molecule has 0 aromatic rings. The first kappa shape index (κ1) is 15.3. The molecule has 1 N–H and O–H groups in total. The first-order valence-electron chi connectivity index (χ1n) is 7.99. The zero-order chi connectivity index (χ0) is 14.1. The van der Waals surface area contributed by atoms with Gasteiger partial charge in [-0.25, -0.2) is 0 Å². The number of nitrogens with zero attached hydrogens (tertiary/aromatic N) is 1. The van der Waals surface area contributed by atoms with Crippen molar-refractivity contribution in [3.8, 4) is 0 Å². The molecule has 3 nitrogen and oxygen atoms in total. The van der Waals surface area contributed by atoms with Crippen LogP contribution in [0.3, 0.4) is 0 Å². The summed E-state index contributed by atoms with van der Waals surface area (Å²) in [5.41, 5.74) is 0.0520. The third-order valence-corrected chi connectivity index (χ3v) is 5.91. The lowest BCUT2D eigenvalue weighted by molar-refractivity contribution is -0.170. The number of hydrogen-bond acceptors (Lipinski definition) is 3. The van der Waals surface area contributed by atoms with Crippen LogP contribution in [-0.4, -0.2) is 48.0 Å². The van der Waals surface area contributed by atoms with Gasteiger partial charge in [0.15, 0.2) is 0 Å². The maximum Gasteiger partial charge on any atom is 0.0753 e. The molecule has 112 valence electrons.